The van der Waals surface area contributed by atoms with E-state index in [-0.39, 0.29) is 6.10 Å². The van der Waals surface area contributed by atoms with Crippen LogP contribution in [0.1, 0.15) is 12.8 Å². The van der Waals surface area contributed by atoms with Crippen LogP contribution in [0.25, 0.3) is 11.4 Å². The van der Waals surface area contributed by atoms with E-state index in [0.29, 0.717) is 34.6 Å². The number of H-pyrrole nitrogens is 1. The molecule has 0 unspecified atom stereocenters. The molecule has 124 valence electrons. The molecular formula is C15H19ClN4O2S. The SMILES string of the molecule is COc1ccc(Cl)cc1-c1nc(=S)n(CN2CCC[C@@H](O)C2)[nH]1. The second-order valence-corrected chi connectivity index (χ2v) is 6.44. The number of halogens is 1. The van der Waals surface area contributed by atoms with Gasteiger partial charge in [-0.25, -0.2) is 4.68 Å². The van der Waals surface area contributed by atoms with Gasteiger partial charge in [0.15, 0.2) is 5.82 Å². The highest BCUT2D eigenvalue weighted by atomic mass is 35.5. The van der Waals surface area contributed by atoms with Gasteiger partial charge in [-0.05, 0) is 43.3 Å². The minimum absolute atomic E-state index is 0.270. The molecule has 2 aromatic rings. The van der Waals surface area contributed by atoms with Crippen LogP contribution in [0.3, 0.4) is 0 Å². The van der Waals surface area contributed by atoms with Crippen molar-refractivity contribution in [2.24, 2.45) is 0 Å². The molecular weight excluding hydrogens is 336 g/mol. The minimum atomic E-state index is -0.270. The lowest BCUT2D eigenvalue weighted by molar-refractivity contribution is 0.0514. The summed E-state index contributed by atoms with van der Waals surface area (Å²) in [5.41, 5.74) is 0.767. The van der Waals surface area contributed by atoms with E-state index in [0.717, 1.165) is 24.9 Å². The van der Waals surface area contributed by atoms with E-state index in [9.17, 15) is 5.11 Å². The number of nitrogens with zero attached hydrogens (tertiary/aromatic N) is 3. The van der Waals surface area contributed by atoms with Gasteiger partial charge in [-0.15, -0.1) is 0 Å². The van der Waals surface area contributed by atoms with Crippen molar-refractivity contribution in [1.29, 1.82) is 0 Å². The number of aromatic amines is 1. The van der Waals surface area contributed by atoms with Crippen molar-refractivity contribution in [3.05, 3.63) is 28.0 Å². The van der Waals surface area contributed by atoms with Crippen LogP contribution in [-0.2, 0) is 6.67 Å². The van der Waals surface area contributed by atoms with Crippen molar-refractivity contribution in [2.45, 2.75) is 25.6 Å². The summed E-state index contributed by atoms with van der Waals surface area (Å²) in [5, 5.41) is 13.6. The van der Waals surface area contributed by atoms with E-state index >= 15 is 0 Å². The Hall–Kier alpha value is -1.41. The number of nitrogens with one attached hydrogen (secondary N) is 1. The standard InChI is InChI=1S/C15H19ClN4O2S/c1-22-13-5-4-10(16)7-12(13)14-17-15(23)20(18-14)9-19-6-2-3-11(21)8-19/h4-5,7,11,21H,2-3,6,8-9H2,1H3,(H,17,18,23)/t11-/m1/s1. The van der Waals surface area contributed by atoms with Crippen LogP contribution < -0.4 is 4.74 Å². The molecule has 1 aliphatic heterocycles. The summed E-state index contributed by atoms with van der Waals surface area (Å²) < 4.78 is 7.62. The number of aliphatic hydroxyl groups excluding tert-OH is 1. The van der Waals surface area contributed by atoms with Crippen LogP contribution in [0.2, 0.25) is 5.02 Å². The third kappa shape index (κ3) is 3.74. The first-order chi connectivity index (χ1) is 11.1. The number of hydrogen-bond donors (Lipinski definition) is 2. The fourth-order valence-corrected chi connectivity index (χ4v) is 3.16. The molecule has 8 heteroatoms. The first kappa shape index (κ1) is 16.4. The molecule has 0 amide bonds. The second-order valence-electron chi connectivity index (χ2n) is 5.64. The molecule has 23 heavy (non-hydrogen) atoms. The van der Waals surface area contributed by atoms with Crippen LogP contribution in [0, 0.1) is 4.77 Å². The van der Waals surface area contributed by atoms with Gasteiger partial charge >= 0.3 is 0 Å². The van der Waals surface area contributed by atoms with Crippen molar-refractivity contribution in [1.82, 2.24) is 19.7 Å². The van der Waals surface area contributed by atoms with Crippen LogP contribution in [0.4, 0.5) is 0 Å². The summed E-state index contributed by atoms with van der Waals surface area (Å²) in [7, 11) is 1.60. The van der Waals surface area contributed by atoms with Crippen LogP contribution in [0.5, 0.6) is 5.75 Å². The third-order valence-electron chi connectivity index (χ3n) is 3.92. The highest BCUT2D eigenvalue weighted by molar-refractivity contribution is 7.71. The molecule has 1 aliphatic rings. The van der Waals surface area contributed by atoms with Crippen molar-refractivity contribution in [2.75, 3.05) is 20.2 Å². The monoisotopic (exact) mass is 354 g/mol. The Balaban J connectivity index is 1.86. The zero-order valence-corrected chi connectivity index (χ0v) is 14.4. The molecule has 0 radical (unpaired) electrons. The molecule has 2 heterocycles. The van der Waals surface area contributed by atoms with Crippen molar-refractivity contribution in [3.8, 4) is 17.1 Å². The normalized spacial score (nSPS) is 19.0. The first-order valence-electron chi connectivity index (χ1n) is 7.48. The predicted molar refractivity (Wildman–Crippen MR) is 91.2 cm³/mol. The molecule has 6 nitrogen and oxygen atoms in total. The molecule has 1 saturated heterocycles. The maximum absolute atomic E-state index is 9.77. The Morgan fingerprint density at radius 2 is 2.35 bits per heavy atom. The first-order valence-corrected chi connectivity index (χ1v) is 8.26. The van der Waals surface area contributed by atoms with Crippen molar-refractivity contribution < 1.29 is 9.84 Å². The van der Waals surface area contributed by atoms with Crippen molar-refractivity contribution in [3.63, 3.8) is 0 Å². The van der Waals surface area contributed by atoms with Gasteiger partial charge in [0, 0.05) is 18.1 Å². The lowest BCUT2D eigenvalue weighted by Gasteiger charge is -2.29. The fraction of sp³-hybridized carbons (Fsp3) is 0.467. The van der Waals surface area contributed by atoms with E-state index in [1.54, 1.807) is 30.0 Å². The van der Waals surface area contributed by atoms with Gasteiger partial charge < -0.3 is 9.84 Å². The van der Waals surface area contributed by atoms with Crippen LogP contribution in [-0.4, -0.2) is 51.1 Å². The number of aromatic nitrogens is 3. The number of piperidine rings is 1. The molecule has 1 atom stereocenters. The van der Waals surface area contributed by atoms with Gasteiger partial charge in [-0.3, -0.25) is 10.00 Å². The summed E-state index contributed by atoms with van der Waals surface area (Å²) >= 11 is 11.4. The highest BCUT2D eigenvalue weighted by Gasteiger charge is 2.19. The second kappa shape index (κ2) is 7.00. The van der Waals surface area contributed by atoms with Crippen LogP contribution in [0.15, 0.2) is 18.2 Å². The summed E-state index contributed by atoms with van der Waals surface area (Å²) in [6.45, 7) is 2.16. The number of methoxy groups -OCH3 is 1. The van der Waals surface area contributed by atoms with E-state index < -0.39 is 0 Å². The number of aliphatic hydroxyl groups is 1. The molecule has 3 rings (SSSR count). The Labute approximate surface area is 144 Å². The van der Waals surface area contributed by atoms with E-state index in [4.69, 9.17) is 28.6 Å². The largest absolute Gasteiger partial charge is 0.496 e. The van der Waals surface area contributed by atoms with E-state index in [1.807, 2.05) is 0 Å². The molecule has 1 fully saturated rings. The minimum Gasteiger partial charge on any atom is -0.496 e. The summed E-state index contributed by atoms with van der Waals surface area (Å²) in [5.74, 6) is 1.30. The average molecular weight is 355 g/mol. The quantitative estimate of drug-likeness (QED) is 0.826. The Morgan fingerprint density at radius 1 is 1.52 bits per heavy atom. The molecule has 0 aliphatic carbocycles. The lowest BCUT2D eigenvalue weighted by atomic mass is 10.1. The molecule has 0 bridgehead atoms. The zero-order valence-electron chi connectivity index (χ0n) is 12.8. The van der Waals surface area contributed by atoms with Gasteiger partial charge in [0.05, 0.1) is 25.4 Å². The summed E-state index contributed by atoms with van der Waals surface area (Å²) in [6.07, 6.45) is 1.57. The zero-order chi connectivity index (χ0) is 16.4. The summed E-state index contributed by atoms with van der Waals surface area (Å²) in [4.78, 5) is 6.56. The lowest BCUT2D eigenvalue weighted by Crippen LogP contribution is -2.39. The number of hydrogen-bond acceptors (Lipinski definition) is 5. The van der Waals surface area contributed by atoms with Crippen LogP contribution >= 0.6 is 23.8 Å². The van der Waals surface area contributed by atoms with Gasteiger partial charge in [0.1, 0.15) is 5.75 Å². The number of likely N-dealkylation sites (tertiary alicyclic amines) is 1. The average Bonchev–Trinajstić information content (AvgIpc) is 2.88. The predicted octanol–water partition coefficient (Wildman–Crippen LogP) is 2.68. The molecule has 0 saturated carbocycles. The maximum atomic E-state index is 9.77. The number of rotatable bonds is 4. The number of ether oxygens (including phenoxy) is 1. The fourth-order valence-electron chi connectivity index (χ4n) is 2.80. The maximum Gasteiger partial charge on any atom is 0.217 e. The topological polar surface area (TPSA) is 66.3 Å². The smallest absolute Gasteiger partial charge is 0.217 e. The van der Waals surface area contributed by atoms with E-state index in [2.05, 4.69) is 15.0 Å². The van der Waals surface area contributed by atoms with Gasteiger partial charge in [0.25, 0.3) is 0 Å². The van der Waals surface area contributed by atoms with Gasteiger partial charge in [-0.1, -0.05) is 11.6 Å². The molecule has 2 N–H and O–H groups in total. The third-order valence-corrected chi connectivity index (χ3v) is 4.46. The number of β-amino-alcohol motifs (C(OH)–C–C–N with tert-alkyl or cyclic N) is 1. The molecule has 0 spiro atoms. The molecule has 1 aromatic heterocycles. The highest BCUT2D eigenvalue weighted by Crippen LogP contribution is 2.30. The van der Waals surface area contributed by atoms with Gasteiger partial charge in [-0.2, -0.15) is 4.98 Å². The Morgan fingerprint density at radius 3 is 3.09 bits per heavy atom. The Kier molecular flexibility index (Phi) is 5.01. The Bertz CT molecular complexity index is 745. The van der Waals surface area contributed by atoms with Crippen molar-refractivity contribution >= 4 is 23.8 Å². The summed E-state index contributed by atoms with van der Waals surface area (Å²) in [6, 6.07) is 5.36. The van der Waals surface area contributed by atoms with Gasteiger partial charge in [0.2, 0.25) is 4.77 Å². The van der Waals surface area contributed by atoms with E-state index in [1.165, 1.54) is 0 Å². The molecule has 1 aromatic carbocycles. The number of benzene rings is 1.